The summed E-state index contributed by atoms with van der Waals surface area (Å²) >= 11 is 0. The van der Waals surface area contributed by atoms with Crippen LogP contribution in [0.15, 0.2) is 0 Å². The first kappa shape index (κ1) is 19.5. The summed E-state index contributed by atoms with van der Waals surface area (Å²) in [4.78, 5) is 26.4. The van der Waals surface area contributed by atoms with Crippen LogP contribution in [-0.2, 0) is 19.1 Å². The minimum Gasteiger partial charge on any atom is -0.394 e. The largest absolute Gasteiger partial charge is 0.394 e. The first-order chi connectivity index (χ1) is 12.6. The predicted molar refractivity (Wildman–Crippen MR) is 94.6 cm³/mol. The van der Waals surface area contributed by atoms with Crippen LogP contribution in [0.1, 0.15) is 38.5 Å². The fourth-order valence-electron chi connectivity index (χ4n) is 3.71. The second kappa shape index (κ2) is 9.64. The molecule has 8 nitrogen and oxygen atoms in total. The molecule has 2 amide bonds. The molecule has 0 unspecified atom stereocenters. The summed E-state index contributed by atoms with van der Waals surface area (Å²) in [5, 5.41) is 15.6. The molecule has 3 N–H and O–H groups in total. The van der Waals surface area contributed by atoms with Gasteiger partial charge >= 0.3 is 0 Å². The number of nitrogens with one attached hydrogen (secondary N) is 2. The number of rotatable bonds is 7. The Kier molecular flexibility index (Phi) is 7.24. The molecule has 0 radical (unpaired) electrons. The molecule has 3 atom stereocenters. The minimum atomic E-state index is -0.459. The minimum absolute atomic E-state index is 0.0196. The van der Waals surface area contributed by atoms with Gasteiger partial charge in [0.25, 0.3) is 0 Å². The molecule has 148 valence electrons. The number of hydrogen-bond donors (Lipinski definition) is 3. The van der Waals surface area contributed by atoms with Gasteiger partial charge in [-0.05, 0) is 32.1 Å². The Hall–Kier alpha value is -1.22. The topological polar surface area (TPSA) is 100 Å². The van der Waals surface area contributed by atoms with Crippen molar-refractivity contribution in [3.63, 3.8) is 0 Å². The average Bonchev–Trinajstić information content (AvgIpc) is 2.60. The predicted octanol–water partition coefficient (Wildman–Crippen LogP) is -0.598. The van der Waals surface area contributed by atoms with E-state index >= 15 is 0 Å². The molecule has 0 aromatic carbocycles. The molecule has 3 aliphatic rings. The van der Waals surface area contributed by atoms with Gasteiger partial charge in [0.1, 0.15) is 6.10 Å². The average molecular weight is 369 g/mol. The van der Waals surface area contributed by atoms with Gasteiger partial charge in [0.15, 0.2) is 0 Å². The first-order valence-corrected chi connectivity index (χ1v) is 9.79. The molecule has 2 saturated heterocycles. The zero-order chi connectivity index (χ0) is 18.4. The van der Waals surface area contributed by atoms with Crippen molar-refractivity contribution >= 4 is 11.8 Å². The highest BCUT2D eigenvalue weighted by atomic mass is 16.5. The maximum absolute atomic E-state index is 12.3. The van der Waals surface area contributed by atoms with E-state index in [2.05, 4.69) is 15.5 Å². The first-order valence-electron chi connectivity index (χ1n) is 9.79. The number of aliphatic hydroxyl groups is 1. The summed E-state index contributed by atoms with van der Waals surface area (Å²) in [5.41, 5.74) is 0. The lowest BCUT2D eigenvalue weighted by Gasteiger charge is -2.37. The lowest BCUT2D eigenvalue weighted by Crippen LogP contribution is -2.54. The molecule has 2 aliphatic heterocycles. The van der Waals surface area contributed by atoms with Crippen molar-refractivity contribution in [2.45, 2.75) is 62.8 Å². The Morgan fingerprint density at radius 1 is 1.04 bits per heavy atom. The van der Waals surface area contributed by atoms with Crippen molar-refractivity contribution in [2.75, 3.05) is 39.5 Å². The van der Waals surface area contributed by atoms with Crippen LogP contribution in [-0.4, -0.2) is 85.6 Å². The van der Waals surface area contributed by atoms with E-state index in [0.717, 1.165) is 25.9 Å². The van der Waals surface area contributed by atoms with E-state index in [-0.39, 0.29) is 30.6 Å². The number of carbonyl (C=O) groups is 2. The Bertz CT molecular complexity index is 479. The van der Waals surface area contributed by atoms with Gasteiger partial charge in [-0.25, -0.2) is 0 Å². The fourth-order valence-corrected chi connectivity index (χ4v) is 3.71. The summed E-state index contributed by atoms with van der Waals surface area (Å²) in [6.45, 7) is 3.01. The molecule has 3 fully saturated rings. The molecule has 0 aromatic rings. The van der Waals surface area contributed by atoms with E-state index in [1.165, 1.54) is 6.42 Å². The third kappa shape index (κ3) is 5.64. The van der Waals surface area contributed by atoms with Gasteiger partial charge in [-0.3, -0.25) is 14.5 Å². The van der Waals surface area contributed by atoms with Crippen LogP contribution in [0.4, 0.5) is 0 Å². The smallest absolute Gasteiger partial charge is 0.234 e. The van der Waals surface area contributed by atoms with Crippen molar-refractivity contribution < 1.29 is 24.2 Å². The summed E-state index contributed by atoms with van der Waals surface area (Å²) in [6.07, 6.45) is 4.39. The summed E-state index contributed by atoms with van der Waals surface area (Å²) in [7, 11) is 0. The van der Waals surface area contributed by atoms with Crippen molar-refractivity contribution in [3.8, 4) is 0 Å². The van der Waals surface area contributed by atoms with Crippen LogP contribution in [0, 0.1) is 0 Å². The number of amides is 2. The Morgan fingerprint density at radius 2 is 1.81 bits per heavy atom. The number of hydrogen-bond acceptors (Lipinski definition) is 6. The van der Waals surface area contributed by atoms with E-state index in [1.54, 1.807) is 0 Å². The van der Waals surface area contributed by atoms with Crippen LogP contribution < -0.4 is 10.6 Å². The van der Waals surface area contributed by atoms with E-state index in [9.17, 15) is 14.7 Å². The number of morpholine rings is 1. The van der Waals surface area contributed by atoms with Crippen LogP contribution in [0.2, 0.25) is 0 Å². The quantitative estimate of drug-likeness (QED) is 0.554. The van der Waals surface area contributed by atoms with Gasteiger partial charge in [0.2, 0.25) is 11.8 Å². The molecule has 0 bridgehead atoms. The van der Waals surface area contributed by atoms with Gasteiger partial charge in [-0.15, -0.1) is 0 Å². The Balaban J connectivity index is 1.40. The van der Waals surface area contributed by atoms with Crippen LogP contribution in [0.3, 0.4) is 0 Å². The van der Waals surface area contributed by atoms with Gasteiger partial charge in [0.05, 0.1) is 44.9 Å². The second-order valence-corrected chi connectivity index (χ2v) is 7.52. The Labute approximate surface area is 154 Å². The molecule has 1 saturated carbocycles. The number of carbonyl (C=O) groups excluding carboxylic acids is 2. The van der Waals surface area contributed by atoms with Crippen molar-refractivity contribution in [1.29, 1.82) is 0 Å². The van der Waals surface area contributed by atoms with Gasteiger partial charge < -0.3 is 25.2 Å². The standard InChI is InChI=1S/C18H31N3O5/c22-12-16-15(20-18(24)11-21-6-8-25-9-7-21)5-4-14(26-16)10-17(23)19-13-2-1-3-13/h13-16,22H,1-12H2,(H,19,23)(H,20,24)/t14-,15+,16+/m1/s1. The van der Waals surface area contributed by atoms with Crippen molar-refractivity contribution in [3.05, 3.63) is 0 Å². The van der Waals surface area contributed by atoms with E-state index < -0.39 is 6.10 Å². The Morgan fingerprint density at radius 3 is 2.46 bits per heavy atom. The van der Waals surface area contributed by atoms with Crippen LogP contribution >= 0.6 is 0 Å². The molecule has 8 heteroatoms. The highest BCUT2D eigenvalue weighted by molar-refractivity contribution is 5.78. The molecular weight excluding hydrogens is 338 g/mol. The van der Waals surface area contributed by atoms with Crippen molar-refractivity contribution in [2.24, 2.45) is 0 Å². The monoisotopic (exact) mass is 369 g/mol. The lowest BCUT2D eigenvalue weighted by atomic mass is 9.92. The van der Waals surface area contributed by atoms with Gasteiger partial charge in [0, 0.05) is 19.1 Å². The number of ether oxygens (including phenoxy) is 2. The van der Waals surface area contributed by atoms with E-state index in [4.69, 9.17) is 9.47 Å². The van der Waals surface area contributed by atoms with E-state index in [1.807, 2.05) is 0 Å². The molecule has 2 heterocycles. The SMILES string of the molecule is O=C(C[C@H]1CC[C@H](NC(=O)CN2CCOCC2)[C@H](CO)O1)NC1CCC1. The lowest BCUT2D eigenvalue weighted by molar-refractivity contribution is -0.137. The normalized spacial score (nSPS) is 30.4. The maximum Gasteiger partial charge on any atom is 0.234 e. The molecule has 1 aliphatic carbocycles. The summed E-state index contributed by atoms with van der Waals surface area (Å²) in [6, 6.07) is 0.117. The third-order valence-corrected chi connectivity index (χ3v) is 5.50. The van der Waals surface area contributed by atoms with Crippen LogP contribution in [0.25, 0.3) is 0 Å². The highest BCUT2D eigenvalue weighted by Crippen LogP contribution is 2.23. The number of aliphatic hydroxyl groups excluding tert-OH is 1. The summed E-state index contributed by atoms with van der Waals surface area (Å²) in [5.74, 6) is -0.0358. The zero-order valence-electron chi connectivity index (χ0n) is 15.3. The fraction of sp³-hybridized carbons (Fsp3) is 0.889. The second-order valence-electron chi connectivity index (χ2n) is 7.52. The molecule has 3 rings (SSSR count). The zero-order valence-corrected chi connectivity index (χ0v) is 15.3. The van der Waals surface area contributed by atoms with Crippen molar-refractivity contribution in [1.82, 2.24) is 15.5 Å². The summed E-state index contributed by atoms with van der Waals surface area (Å²) < 4.78 is 11.2. The highest BCUT2D eigenvalue weighted by Gasteiger charge is 2.33. The third-order valence-electron chi connectivity index (χ3n) is 5.50. The van der Waals surface area contributed by atoms with E-state index in [0.29, 0.717) is 45.1 Å². The van der Waals surface area contributed by atoms with Crippen LogP contribution in [0.5, 0.6) is 0 Å². The molecule has 0 aromatic heterocycles. The number of nitrogens with zero attached hydrogens (tertiary/aromatic N) is 1. The molecule has 0 spiro atoms. The van der Waals surface area contributed by atoms with Gasteiger partial charge in [-0.1, -0.05) is 0 Å². The maximum atomic E-state index is 12.3. The molecular formula is C18H31N3O5. The molecule has 26 heavy (non-hydrogen) atoms. The van der Waals surface area contributed by atoms with Gasteiger partial charge in [-0.2, -0.15) is 0 Å².